The molecule has 0 radical (unpaired) electrons. The average molecular weight is 732 g/mol. The van der Waals surface area contributed by atoms with Gasteiger partial charge in [-0.2, -0.15) is 0 Å². The molecular formula is C51H33N5O. The van der Waals surface area contributed by atoms with Crippen LogP contribution in [0.15, 0.2) is 205 Å². The molecule has 0 atom stereocenters. The maximum atomic E-state index is 6.57. The molecule has 0 saturated carbocycles. The fraction of sp³-hybridized carbons (Fsp3) is 0. The predicted molar refractivity (Wildman–Crippen MR) is 232 cm³/mol. The minimum atomic E-state index is 0.788. The Balaban J connectivity index is 1.05. The smallest absolute Gasteiger partial charge is 0.138 e. The van der Waals surface area contributed by atoms with Gasteiger partial charge in [-0.1, -0.05) is 78.9 Å². The van der Waals surface area contributed by atoms with Crippen LogP contribution in [0, 0.1) is 0 Å². The molecule has 11 rings (SSSR count). The maximum absolute atomic E-state index is 6.57. The number of benzene rings is 6. The van der Waals surface area contributed by atoms with E-state index in [1.165, 1.54) is 16.3 Å². The van der Waals surface area contributed by atoms with Gasteiger partial charge in [-0.15, -0.1) is 0 Å². The van der Waals surface area contributed by atoms with Crippen molar-refractivity contribution in [2.24, 2.45) is 0 Å². The molecule has 0 aliphatic carbocycles. The van der Waals surface area contributed by atoms with E-state index in [1.54, 1.807) is 0 Å². The van der Waals surface area contributed by atoms with Gasteiger partial charge in [0.05, 0.1) is 22.4 Å². The Labute approximate surface area is 328 Å². The van der Waals surface area contributed by atoms with Crippen molar-refractivity contribution >= 4 is 60.9 Å². The van der Waals surface area contributed by atoms with Crippen molar-refractivity contribution in [3.05, 3.63) is 201 Å². The molecule has 0 aliphatic rings. The van der Waals surface area contributed by atoms with Crippen LogP contribution in [0.1, 0.15) is 0 Å². The number of hydrogen-bond donors (Lipinski definition) is 0. The molecule has 6 aromatic carbocycles. The van der Waals surface area contributed by atoms with E-state index < -0.39 is 0 Å². The number of para-hydroxylation sites is 2. The lowest BCUT2D eigenvalue weighted by Gasteiger charge is -2.25. The highest BCUT2D eigenvalue weighted by atomic mass is 16.3. The number of pyridine rings is 3. The van der Waals surface area contributed by atoms with Crippen molar-refractivity contribution in [1.29, 1.82) is 0 Å². The molecule has 0 bridgehead atoms. The number of nitrogens with zero attached hydrogens (tertiary/aromatic N) is 5. The zero-order valence-corrected chi connectivity index (χ0v) is 30.7. The summed E-state index contributed by atoms with van der Waals surface area (Å²) in [5.74, 6) is 0.788. The maximum Gasteiger partial charge on any atom is 0.138 e. The number of furan rings is 1. The number of rotatable bonds is 7. The normalized spacial score (nSPS) is 11.5. The standard InChI is InChI=1S/C51H33N5O/c1-2-14-38(15-3-1)56-47-21-5-4-18-41(47)42-32-44-43-30-34(22-23-49(43)57-50(44)33-48(42)56)35-24-27-54-51(31-35)55(39-16-10-12-36(28-39)45-19-6-8-25-52-45)40-17-11-13-37(29-40)46-20-7-9-26-53-46/h1-33H. The van der Waals surface area contributed by atoms with Crippen LogP contribution < -0.4 is 4.90 Å². The quantitative estimate of drug-likeness (QED) is 0.163. The minimum absolute atomic E-state index is 0.788. The highest BCUT2D eigenvalue weighted by Crippen LogP contribution is 2.41. The van der Waals surface area contributed by atoms with Gasteiger partial charge in [0.25, 0.3) is 0 Å². The molecule has 268 valence electrons. The van der Waals surface area contributed by atoms with E-state index in [9.17, 15) is 0 Å². The lowest BCUT2D eigenvalue weighted by molar-refractivity contribution is 0.669. The van der Waals surface area contributed by atoms with Gasteiger partial charge in [0.2, 0.25) is 0 Å². The molecular weight excluding hydrogens is 699 g/mol. The largest absolute Gasteiger partial charge is 0.456 e. The number of fused-ring (bicyclic) bond motifs is 6. The van der Waals surface area contributed by atoms with Crippen LogP contribution in [0.25, 0.3) is 83.1 Å². The zero-order valence-electron chi connectivity index (χ0n) is 30.7. The Hall–Kier alpha value is -7.83. The number of aromatic nitrogens is 4. The first-order valence-corrected chi connectivity index (χ1v) is 19.0. The molecule has 0 spiro atoms. The van der Waals surface area contributed by atoms with Gasteiger partial charge < -0.3 is 8.98 Å². The third-order valence-corrected chi connectivity index (χ3v) is 10.7. The fourth-order valence-corrected chi connectivity index (χ4v) is 8.08. The fourth-order valence-electron chi connectivity index (χ4n) is 8.08. The number of anilines is 3. The molecule has 5 heterocycles. The van der Waals surface area contributed by atoms with E-state index in [0.717, 1.165) is 84.0 Å². The molecule has 6 nitrogen and oxygen atoms in total. The van der Waals surface area contributed by atoms with E-state index in [4.69, 9.17) is 9.40 Å². The summed E-state index contributed by atoms with van der Waals surface area (Å²) in [6, 6.07) is 63.2. The summed E-state index contributed by atoms with van der Waals surface area (Å²) < 4.78 is 8.89. The second-order valence-electron chi connectivity index (χ2n) is 14.1. The Morgan fingerprint density at radius 3 is 1.77 bits per heavy atom. The third kappa shape index (κ3) is 5.70. The first kappa shape index (κ1) is 32.6. The molecule has 0 fully saturated rings. The Morgan fingerprint density at radius 2 is 1.05 bits per heavy atom. The van der Waals surface area contributed by atoms with Crippen molar-refractivity contribution < 1.29 is 4.42 Å². The molecule has 0 unspecified atom stereocenters. The molecule has 11 aromatic rings. The van der Waals surface area contributed by atoms with E-state index in [1.807, 2.05) is 55.0 Å². The van der Waals surface area contributed by atoms with Gasteiger partial charge in [-0.3, -0.25) is 14.9 Å². The lowest BCUT2D eigenvalue weighted by atomic mass is 10.0. The zero-order chi connectivity index (χ0) is 37.7. The van der Waals surface area contributed by atoms with Gasteiger partial charge in [0.1, 0.15) is 17.0 Å². The van der Waals surface area contributed by atoms with Crippen LogP contribution in [-0.2, 0) is 0 Å². The summed E-state index contributed by atoms with van der Waals surface area (Å²) in [7, 11) is 0. The molecule has 0 amide bonds. The van der Waals surface area contributed by atoms with Crippen LogP contribution in [0.3, 0.4) is 0 Å². The third-order valence-electron chi connectivity index (χ3n) is 10.7. The predicted octanol–water partition coefficient (Wildman–Crippen LogP) is 13.3. The van der Waals surface area contributed by atoms with Crippen LogP contribution in [0.5, 0.6) is 0 Å². The van der Waals surface area contributed by atoms with E-state index in [2.05, 4.69) is 165 Å². The Kier molecular flexibility index (Phi) is 7.71. The lowest BCUT2D eigenvalue weighted by Crippen LogP contribution is -2.12. The second kappa shape index (κ2) is 13.5. The van der Waals surface area contributed by atoms with Gasteiger partial charge in [-0.05, 0) is 108 Å². The van der Waals surface area contributed by atoms with Crippen LogP contribution >= 0.6 is 0 Å². The highest BCUT2D eigenvalue weighted by molar-refractivity contribution is 6.17. The monoisotopic (exact) mass is 731 g/mol. The summed E-state index contributed by atoms with van der Waals surface area (Å²) in [4.78, 5) is 16.5. The van der Waals surface area contributed by atoms with Crippen LogP contribution in [0.4, 0.5) is 17.2 Å². The van der Waals surface area contributed by atoms with Gasteiger partial charge in [-0.25, -0.2) is 4.98 Å². The van der Waals surface area contributed by atoms with E-state index >= 15 is 0 Å². The highest BCUT2D eigenvalue weighted by Gasteiger charge is 2.19. The van der Waals surface area contributed by atoms with Crippen LogP contribution in [-0.4, -0.2) is 19.5 Å². The molecule has 0 saturated heterocycles. The topological polar surface area (TPSA) is 60.0 Å². The average Bonchev–Trinajstić information content (AvgIpc) is 3.81. The SMILES string of the molecule is c1ccc(-n2c3ccccc3c3cc4c(cc32)oc2ccc(-c3ccnc(N(c5cccc(-c6ccccn6)c5)c5cccc(-c6ccccn6)c5)c3)cc24)cc1. The van der Waals surface area contributed by atoms with Crippen molar-refractivity contribution in [2.45, 2.75) is 0 Å². The molecule has 6 heteroatoms. The molecule has 0 aliphatic heterocycles. The first-order chi connectivity index (χ1) is 28.2. The summed E-state index contributed by atoms with van der Waals surface area (Å²) in [5.41, 5.74) is 13.0. The Morgan fingerprint density at radius 1 is 0.386 bits per heavy atom. The minimum Gasteiger partial charge on any atom is -0.456 e. The van der Waals surface area contributed by atoms with Crippen molar-refractivity contribution in [1.82, 2.24) is 19.5 Å². The number of hydrogen-bond acceptors (Lipinski definition) is 5. The van der Waals surface area contributed by atoms with Gasteiger partial charge >= 0.3 is 0 Å². The molecule has 5 aromatic heterocycles. The van der Waals surface area contributed by atoms with Crippen molar-refractivity contribution in [3.63, 3.8) is 0 Å². The van der Waals surface area contributed by atoms with E-state index in [-0.39, 0.29) is 0 Å². The first-order valence-electron chi connectivity index (χ1n) is 19.0. The molecule has 57 heavy (non-hydrogen) atoms. The van der Waals surface area contributed by atoms with Crippen molar-refractivity contribution in [3.8, 4) is 39.3 Å². The molecule has 0 N–H and O–H groups in total. The van der Waals surface area contributed by atoms with Crippen molar-refractivity contribution in [2.75, 3.05) is 4.90 Å². The summed E-state index contributed by atoms with van der Waals surface area (Å²) >= 11 is 0. The van der Waals surface area contributed by atoms with Crippen LogP contribution in [0.2, 0.25) is 0 Å². The van der Waals surface area contributed by atoms with Gasteiger partial charge in [0.15, 0.2) is 0 Å². The summed E-state index contributed by atoms with van der Waals surface area (Å²) in [6.07, 6.45) is 5.54. The summed E-state index contributed by atoms with van der Waals surface area (Å²) in [5, 5.41) is 4.56. The second-order valence-corrected chi connectivity index (χ2v) is 14.1. The van der Waals surface area contributed by atoms with E-state index in [0.29, 0.717) is 0 Å². The van der Waals surface area contributed by atoms with Gasteiger partial charge in [0, 0.05) is 74.4 Å². The Bertz CT molecular complexity index is 3160. The summed E-state index contributed by atoms with van der Waals surface area (Å²) in [6.45, 7) is 0.